The summed E-state index contributed by atoms with van der Waals surface area (Å²) in [6.07, 6.45) is 4.22. The van der Waals surface area contributed by atoms with Gasteiger partial charge in [0.1, 0.15) is 11.4 Å². The van der Waals surface area contributed by atoms with Crippen molar-refractivity contribution in [2.45, 2.75) is 45.2 Å². The van der Waals surface area contributed by atoms with E-state index < -0.39 is 17.5 Å². The maximum absolute atomic E-state index is 11.9. The van der Waals surface area contributed by atoms with Gasteiger partial charge < -0.3 is 20.7 Å². The summed E-state index contributed by atoms with van der Waals surface area (Å²) in [4.78, 5) is 30.0. The van der Waals surface area contributed by atoms with Crippen molar-refractivity contribution in [1.29, 1.82) is 0 Å². The number of nitrogens with zero attached hydrogens (tertiary/aromatic N) is 1. The predicted molar refractivity (Wildman–Crippen MR) is 69.6 cm³/mol. The molecule has 1 rings (SSSR count). The summed E-state index contributed by atoms with van der Waals surface area (Å²) in [6.45, 7) is 5.09. The Morgan fingerprint density at radius 2 is 2.21 bits per heavy atom. The second-order valence-electron chi connectivity index (χ2n) is 4.52. The lowest BCUT2D eigenvalue weighted by Gasteiger charge is -2.26. The molecule has 0 saturated heterocycles. The molecule has 2 amide bonds. The van der Waals surface area contributed by atoms with Crippen molar-refractivity contribution in [1.82, 2.24) is 20.6 Å². The minimum absolute atomic E-state index is 0.273. The van der Waals surface area contributed by atoms with Gasteiger partial charge in [0, 0.05) is 12.4 Å². The molecule has 2 unspecified atom stereocenters. The van der Waals surface area contributed by atoms with Crippen molar-refractivity contribution in [3.05, 3.63) is 18.2 Å². The summed E-state index contributed by atoms with van der Waals surface area (Å²) < 4.78 is 0. The largest absolute Gasteiger partial charge is 0.480 e. The van der Waals surface area contributed by atoms with Crippen molar-refractivity contribution < 1.29 is 14.7 Å². The number of aromatic nitrogens is 2. The monoisotopic (exact) mass is 268 g/mol. The Labute approximate surface area is 111 Å². The van der Waals surface area contributed by atoms with E-state index in [4.69, 9.17) is 5.11 Å². The number of hydrogen-bond donors (Lipinski definition) is 4. The molecule has 1 heterocycles. The summed E-state index contributed by atoms with van der Waals surface area (Å²) in [5, 5.41) is 14.3. The van der Waals surface area contributed by atoms with Crippen molar-refractivity contribution in [2.24, 2.45) is 0 Å². The first kappa shape index (κ1) is 15.0. The number of carboxylic acid groups (broad SMARTS) is 1. The first-order valence-electron chi connectivity index (χ1n) is 6.24. The van der Waals surface area contributed by atoms with Gasteiger partial charge in [-0.05, 0) is 19.8 Å². The van der Waals surface area contributed by atoms with Crippen LogP contribution in [0, 0.1) is 0 Å². The molecular weight excluding hydrogens is 248 g/mol. The molecule has 0 bridgehead atoms. The first-order chi connectivity index (χ1) is 8.92. The van der Waals surface area contributed by atoms with Crippen LogP contribution in [0.4, 0.5) is 4.79 Å². The number of rotatable bonds is 6. The number of nitrogens with one attached hydrogen (secondary N) is 3. The molecule has 0 saturated carbocycles. The van der Waals surface area contributed by atoms with Gasteiger partial charge in [0.15, 0.2) is 0 Å². The Morgan fingerprint density at radius 3 is 2.63 bits per heavy atom. The third-order valence-corrected chi connectivity index (χ3v) is 3.13. The van der Waals surface area contributed by atoms with E-state index in [1.54, 1.807) is 19.3 Å². The molecule has 0 fully saturated rings. The molecule has 0 spiro atoms. The number of hydrogen-bond acceptors (Lipinski definition) is 3. The van der Waals surface area contributed by atoms with Crippen LogP contribution in [-0.4, -0.2) is 32.6 Å². The average Bonchev–Trinajstić information content (AvgIpc) is 2.89. The van der Waals surface area contributed by atoms with E-state index in [2.05, 4.69) is 20.6 Å². The molecule has 4 N–H and O–H groups in total. The predicted octanol–water partition coefficient (Wildman–Crippen LogP) is 1.41. The van der Waals surface area contributed by atoms with Crippen LogP contribution >= 0.6 is 0 Å². The quantitative estimate of drug-likeness (QED) is 0.625. The van der Waals surface area contributed by atoms with Crippen LogP contribution in [0.5, 0.6) is 0 Å². The van der Waals surface area contributed by atoms with Crippen LogP contribution in [0.25, 0.3) is 0 Å². The van der Waals surface area contributed by atoms with Gasteiger partial charge in [-0.1, -0.05) is 13.8 Å². The zero-order valence-electron chi connectivity index (χ0n) is 11.4. The van der Waals surface area contributed by atoms with Crippen LogP contribution in [-0.2, 0) is 4.79 Å². The van der Waals surface area contributed by atoms with Gasteiger partial charge in [-0.25, -0.2) is 14.6 Å². The van der Waals surface area contributed by atoms with Crippen molar-refractivity contribution in [3.8, 4) is 0 Å². The highest BCUT2D eigenvalue weighted by Crippen LogP contribution is 2.13. The summed E-state index contributed by atoms with van der Waals surface area (Å²) >= 11 is 0. The third kappa shape index (κ3) is 3.70. The molecule has 1 aromatic rings. The second kappa shape index (κ2) is 6.21. The van der Waals surface area contributed by atoms with Crippen LogP contribution < -0.4 is 10.6 Å². The molecular formula is C12H20N4O3. The molecule has 0 aliphatic rings. The van der Waals surface area contributed by atoms with Gasteiger partial charge >= 0.3 is 12.0 Å². The Kier molecular flexibility index (Phi) is 4.91. The molecule has 0 aliphatic carbocycles. The lowest BCUT2D eigenvalue weighted by molar-refractivity contribution is -0.143. The second-order valence-corrected chi connectivity index (χ2v) is 4.52. The molecule has 0 aliphatic heterocycles. The summed E-state index contributed by atoms with van der Waals surface area (Å²) in [5.41, 5.74) is -1.27. The molecule has 7 nitrogen and oxygen atoms in total. The Hall–Kier alpha value is -2.05. The summed E-state index contributed by atoms with van der Waals surface area (Å²) in [5.74, 6) is -0.414. The summed E-state index contributed by atoms with van der Waals surface area (Å²) in [7, 11) is 0. The zero-order valence-corrected chi connectivity index (χ0v) is 11.4. The zero-order chi connectivity index (χ0) is 14.5. The highest BCUT2D eigenvalue weighted by Gasteiger charge is 2.33. The fraction of sp³-hybridized carbons (Fsp3) is 0.583. The fourth-order valence-corrected chi connectivity index (χ4v) is 1.57. The van der Waals surface area contributed by atoms with E-state index in [0.29, 0.717) is 18.7 Å². The van der Waals surface area contributed by atoms with Crippen molar-refractivity contribution in [3.63, 3.8) is 0 Å². The van der Waals surface area contributed by atoms with Crippen LogP contribution in [0.2, 0.25) is 0 Å². The molecule has 106 valence electrons. The lowest BCUT2D eigenvalue weighted by Crippen LogP contribution is -2.55. The summed E-state index contributed by atoms with van der Waals surface area (Å²) in [6, 6.07) is -0.792. The number of carboxylic acids is 1. The van der Waals surface area contributed by atoms with Gasteiger partial charge in [-0.15, -0.1) is 0 Å². The smallest absolute Gasteiger partial charge is 0.329 e. The number of H-pyrrole nitrogens is 1. The Morgan fingerprint density at radius 1 is 1.53 bits per heavy atom. The van der Waals surface area contributed by atoms with E-state index in [0.717, 1.165) is 0 Å². The van der Waals surface area contributed by atoms with Crippen molar-refractivity contribution >= 4 is 12.0 Å². The maximum atomic E-state index is 11.9. The van der Waals surface area contributed by atoms with E-state index in [-0.39, 0.29) is 6.04 Å². The van der Waals surface area contributed by atoms with Gasteiger partial charge in [-0.2, -0.15) is 0 Å². The topological polar surface area (TPSA) is 107 Å². The molecule has 19 heavy (non-hydrogen) atoms. The van der Waals surface area contributed by atoms with Crippen LogP contribution in [0.1, 0.15) is 45.5 Å². The maximum Gasteiger partial charge on any atom is 0.329 e. The van der Waals surface area contributed by atoms with E-state index in [1.165, 1.54) is 6.92 Å². The van der Waals surface area contributed by atoms with Gasteiger partial charge in [0.05, 0.1) is 6.04 Å². The molecule has 0 radical (unpaired) electrons. The minimum atomic E-state index is -1.27. The SMILES string of the molecule is CCC(NC(=O)NC(C)(CC)C(=O)O)c1ncc[nH]1. The number of amides is 2. The van der Waals surface area contributed by atoms with Gasteiger partial charge in [-0.3, -0.25) is 0 Å². The number of carbonyl (C=O) groups excluding carboxylic acids is 1. The molecule has 2 atom stereocenters. The lowest BCUT2D eigenvalue weighted by atomic mass is 10.00. The van der Waals surface area contributed by atoms with E-state index in [1.807, 2.05) is 6.92 Å². The normalized spacial score (nSPS) is 15.3. The number of aliphatic carboxylic acids is 1. The van der Waals surface area contributed by atoms with Crippen molar-refractivity contribution in [2.75, 3.05) is 0 Å². The standard InChI is InChI=1S/C12H20N4O3/c1-4-8(9-13-6-7-14-9)15-11(19)16-12(3,5-2)10(17)18/h6-8H,4-5H2,1-3H3,(H,13,14)(H,17,18)(H2,15,16,19). The number of urea groups is 1. The van der Waals surface area contributed by atoms with Gasteiger partial charge in [0.2, 0.25) is 0 Å². The van der Waals surface area contributed by atoms with Gasteiger partial charge in [0.25, 0.3) is 0 Å². The molecule has 1 aromatic heterocycles. The Balaban J connectivity index is 2.66. The first-order valence-corrected chi connectivity index (χ1v) is 6.24. The highest BCUT2D eigenvalue weighted by molar-refractivity contribution is 5.85. The van der Waals surface area contributed by atoms with Crippen LogP contribution in [0.15, 0.2) is 12.4 Å². The van der Waals surface area contributed by atoms with E-state index in [9.17, 15) is 9.59 Å². The molecule has 0 aromatic carbocycles. The fourth-order valence-electron chi connectivity index (χ4n) is 1.57. The van der Waals surface area contributed by atoms with Crippen LogP contribution in [0.3, 0.4) is 0 Å². The third-order valence-electron chi connectivity index (χ3n) is 3.13. The number of imidazole rings is 1. The minimum Gasteiger partial charge on any atom is -0.480 e. The number of carbonyl (C=O) groups is 2. The average molecular weight is 268 g/mol. The number of aromatic amines is 1. The molecule has 7 heteroatoms. The Bertz CT molecular complexity index is 432. The van der Waals surface area contributed by atoms with E-state index >= 15 is 0 Å². The highest BCUT2D eigenvalue weighted by atomic mass is 16.4.